The summed E-state index contributed by atoms with van der Waals surface area (Å²) in [4.78, 5) is 6.02. The smallest absolute Gasteiger partial charge is 0.0651 e. The van der Waals surface area contributed by atoms with E-state index in [0.29, 0.717) is 13.1 Å². The van der Waals surface area contributed by atoms with Crippen molar-refractivity contribution in [2.75, 3.05) is 26.6 Å². The van der Waals surface area contributed by atoms with Crippen molar-refractivity contribution in [2.45, 2.75) is 24.5 Å². The van der Waals surface area contributed by atoms with Crippen LogP contribution < -0.4 is 0 Å². The largest absolute Gasteiger partial charge is 0.306 e. The number of rotatable bonds is 0. The highest BCUT2D eigenvalue weighted by atomic mass is 32.2. The van der Waals surface area contributed by atoms with E-state index < -0.39 is 6.98 Å². The molecule has 68 valence electrons. The average molecular weight is 187 g/mol. The molecule has 0 saturated carbocycles. The van der Waals surface area contributed by atoms with Gasteiger partial charge in [-0.15, -0.1) is 11.8 Å². The first-order valence-corrected chi connectivity index (χ1v) is 5.18. The molecule has 0 atom stereocenters. The third-order valence-electron chi connectivity index (χ3n) is 2.63. The fourth-order valence-corrected chi connectivity index (χ4v) is 3.08. The van der Waals surface area contributed by atoms with Gasteiger partial charge in [-0.25, -0.2) is 0 Å². The van der Waals surface area contributed by atoms with Crippen LogP contribution in [0.15, 0.2) is 4.99 Å². The molecule has 1 saturated heterocycles. The van der Waals surface area contributed by atoms with Crippen molar-refractivity contribution in [2.24, 2.45) is 4.99 Å². The van der Waals surface area contributed by atoms with Crippen molar-refractivity contribution in [3.8, 4) is 0 Å². The van der Waals surface area contributed by atoms with Crippen molar-refractivity contribution in [1.82, 2.24) is 4.90 Å². The van der Waals surface area contributed by atoms with Crippen LogP contribution in [0.2, 0.25) is 0 Å². The van der Waals surface area contributed by atoms with Gasteiger partial charge in [-0.3, -0.25) is 4.99 Å². The minimum atomic E-state index is -1.92. The predicted octanol–water partition coefficient (Wildman–Crippen LogP) is 1.62. The lowest BCUT2D eigenvalue weighted by Gasteiger charge is -2.36. The van der Waals surface area contributed by atoms with Gasteiger partial charge in [0.15, 0.2) is 0 Å². The highest BCUT2D eigenvalue weighted by molar-refractivity contribution is 8.15. The molecule has 0 aromatic rings. The summed E-state index contributed by atoms with van der Waals surface area (Å²) < 4.78 is 22.3. The molecule has 0 bridgehead atoms. The zero-order valence-electron chi connectivity index (χ0n) is 10.3. The second kappa shape index (κ2) is 3.04. The van der Waals surface area contributed by atoms with Crippen molar-refractivity contribution >= 4 is 16.8 Å². The molecule has 0 aromatic carbocycles. The maximum Gasteiger partial charge on any atom is 0.0651 e. The molecule has 1 spiro atoms. The Morgan fingerprint density at radius 2 is 2.33 bits per heavy atom. The molecule has 2 aliphatic heterocycles. The summed E-state index contributed by atoms with van der Waals surface area (Å²) in [6, 6.07) is 0. The van der Waals surface area contributed by atoms with Gasteiger partial charge in [0.1, 0.15) is 0 Å². The fraction of sp³-hybridized carbons (Fsp3) is 0.889. The summed E-state index contributed by atoms with van der Waals surface area (Å²) >= 11 is 1.84. The summed E-state index contributed by atoms with van der Waals surface area (Å²) in [7, 11) is 0. The third kappa shape index (κ3) is 1.52. The van der Waals surface area contributed by atoms with E-state index in [0.717, 1.165) is 24.4 Å². The van der Waals surface area contributed by atoms with Gasteiger partial charge in [-0.2, -0.15) is 0 Å². The molecule has 0 aliphatic carbocycles. The Hall–Kier alpha value is -0.0200. The van der Waals surface area contributed by atoms with Gasteiger partial charge in [0, 0.05) is 8.86 Å². The van der Waals surface area contributed by atoms with E-state index in [1.165, 1.54) is 0 Å². The number of aliphatic imine (C=N–C) groups is 1. The SMILES string of the molecule is [2H]C([2H])([2H])N1CCC2(CC1)CN=C(C)S2. The first-order valence-electron chi connectivity index (χ1n) is 5.86. The van der Waals surface area contributed by atoms with E-state index in [1.807, 2.05) is 18.7 Å². The minimum absolute atomic E-state index is 0.214. The standard InChI is InChI=1S/C9H16N2S/c1-8-10-7-9(12-8)3-5-11(2)6-4-9/h3-7H2,1-2H3/i2D3. The van der Waals surface area contributed by atoms with Crippen molar-refractivity contribution in [3.63, 3.8) is 0 Å². The highest BCUT2D eigenvalue weighted by Crippen LogP contribution is 2.40. The van der Waals surface area contributed by atoms with E-state index >= 15 is 0 Å². The minimum Gasteiger partial charge on any atom is -0.306 e. The Kier molecular flexibility index (Phi) is 1.43. The first-order chi connectivity index (χ1) is 6.91. The van der Waals surface area contributed by atoms with Crippen LogP contribution in [0, 0.1) is 0 Å². The number of thioether (sulfide) groups is 1. The second-order valence-corrected chi connectivity index (χ2v) is 5.27. The molecule has 0 unspecified atom stereocenters. The quantitative estimate of drug-likeness (QED) is 0.572. The van der Waals surface area contributed by atoms with Crippen LogP contribution in [-0.2, 0) is 0 Å². The lowest BCUT2D eigenvalue weighted by atomic mass is 9.96. The number of piperidine rings is 1. The summed E-state index contributed by atoms with van der Waals surface area (Å²) in [5, 5.41) is 1.15. The summed E-state index contributed by atoms with van der Waals surface area (Å²) in [5.74, 6) is 0. The maximum atomic E-state index is 7.35. The number of nitrogens with zero attached hydrogens (tertiary/aromatic N) is 2. The molecule has 0 radical (unpaired) electrons. The molecule has 12 heavy (non-hydrogen) atoms. The molecular weight excluding hydrogens is 168 g/mol. The summed E-state index contributed by atoms with van der Waals surface area (Å²) in [6.45, 7) is 2.34. The molecule has 3 heteroatoms. The van der Waals surface area contributed by atoms with Crippen LogP contribution in [0.25, 0.3) is 0 Å². The van der Waals surface area contributed by atoms with E-state index in [-0.39, 0.29) is 4.75 Å². The normalized spacial score (nSPS) is 34.1. The van der Waals surface area contributed by atoms with Gasteiger partial charge in [0.2, 0.25) is 0 Å². The van der Waals surface area contributed by atoms with Crippen LogP contribution in [0.1, 0.15) is 23.9 Å². The second-order valence-electron chi connectivity index (χ2n) is 3.61. The van der Waals surface area contributed by atoms with Crippen LogP contribution >= 0.6 is 11.8 Å². The molecule has 2 aliphatic rings. The lowest BCUT2D eigenvalue weighted by Crippen LogP contribution is -2.41. The van der Waals surface area contributed by atoms with Crippen LogP contribution in [0.5, 0.6) is 0 Å². The molecule has 0 N–H and O–H groups in total. The maximum absolute atomic E-state index is 7.35. The van der Waals surface area contributed by atoms with Crippen molar-refractivity contribution in [1.29, 1.82) is 0 Å². The Morgan fingerprint density at radius 1 is 1.58 bits per heavy atom. The average Bonchev–Trinajstić information content (AvgIpc) is 2.47. The third-order valence-corrected chi connectivity index (χ3v) is 4.02. The van der Waals surface area contributed by atoms with Crippen molar-refractivity contribution in [3.05, 3.63) is 0 Å². The Labute approximate surface area is 82.6 Å². The topological polar surface area (TPSA) is 15.6 Å². The van der Waals surface area contributed by atoms with Gasteiger partial charge >= 0.3 is 0 Å². The van der Waals surface area contributed by atoms with E-state index in [1.54, 1.807) is 4.90 Å². The molecule has 2 nitrogen and oxygen atoms in total. The van der Waals surface area contributed by atoms with E-state index in [9.17, 15) is 0 Å². The zero-order valence-corrected chi connectivity index (χ0v) is 8.15. The van der Waals surface area contributed by atoms with Gasteiger partial charge in [-0.1, -0.05) is 0 Å². The molecule has 0 amide bonds. The molecule has 1 fully saturated rings. The number of likely N-dealkylation sites (tertiary alicyclic amines) is 1. The highest BCUT2D eigenvalue weighted by Gasteiger charge is 2.37. The Bertz CT molecular complexity index is 280. The fourth-order valence-electron chi connectivity index (χ4n) is 1.81. The number of hydrogen-bond acceptors (Lipinski definition) is 3. The molecular formula is C9H16N2S. The van der Waals surface area contributed by atoms with Crippen LogP contribution in [0.3, 0.4) is 0 Å². The van der Waals surface area contributed by atoms with Gasteiger partial charge < -0.3 is 4.90 Å². The summed E-state index contributed by atoms with van der Waals surface area (Å²) in [6.07, 6.45) is 1.88. The molecule has 2 heterocycles. The predicted molar refractivity (Wildman–Crippen MR) is 55.0 cm³/mol. The van der Waals surface area contributed by atoms with Crippen LogP contribution in [-0.4, -0.2) is 41.3 Å². The number of hydrogen-bond donors (Lipinski definition) is 0. The Balaban J connectivity index is 1.93. The van der Waals surface area contributed by atoms with Gasteiger partial charge in [0.25, 0.3) is 0 Å². The molecule has 0 aromatic heterocycles. The van der Waals surface area contributed by atoms with Crippen molar-refractivity contribution < 1.29 is 4.11 Å². The lowest BCUT2D eigenvalue weighted by molar-refractivity contribution is 0.244. The zero-order chi connectivity index (χ0) is 11.1. The first kappa shape index (κ1) is 5.66. The summed E-state index contributed by atoms with van der Waals surface area (Å²) in [5.41, 5.74) is 0. The van der Waals surface area contributed by atoms with Gasteiger partial charge in [-0.05, 0) is 39.8 Å². The molecule has 2 rings (SSSR count). The monoisotopic (exact) mass is 187 g/mol. The Morgan fingerprint density at radius 3 is 2.83 bits per heavy atom. The van der Waals surface area contributed by atoms with E-state index in [4.69, 9.17) is 4.11 Å². The van der Waals surface area contributed by atoms with Crippen LogP contribution in [0.4, 0.5) is 0 Å². The van der Waals surface area contributed by atoms with E-state index in [2.05, 4.69) is 4.99 Å². The van der Waals surface area contributed by atoms with Gasteiger partial charge in [0.05, 0.1) is 11.6 Å².